The molecule has 192 valence electrons. The predicted octanol–water partition coefficient (Wildman–Crippen LogP) is 7.11. The maximum atomic E-state index is 13.4. The van der Waals surface area contributed by atoms with Gasteiger partial charge in [-0.05, 0) is 43.7 Å². The molecular weight excluding hydrogens is 491 g/mol. The van der Waals surface area contributed by atoms with Crippen molar-refractivity contribution in [3.05, 3.63) is 69.3 Å². The molecule has 0 radical (unpaired) electrons. The molecule has 3 N–H and O–H groups in total. The van der Waals surface area contributed by atoms with Gasteiger partial charge in [-0.15, -0.1) is 10.2 Å². The summed E-state index contributed by atoms with van der Waals surface area (Å²) in [5.41, 5.74) is 4.05. The molecule has 0 bridgehead atoms. The summed E-state index contributed by atoms with van der Waals surface area (Å²) in [5, 5.41) is 31.0. The summed E-state index contributed by atoms with van der Waals surface area (Å²) in [6.45, 7) is 4.16. The normalized spacial score (nSPS) is 11.4. The van der Waals surface area contributed by atoms with Crippen molar-refractivity contribution in [3.63, 3.8) is 0 Å². The molecule has 0 saturated carbocycles. The topological polar surface area (TPSA) is 152 Å². The number of hydrogen-bond acceptors (Lipinski definition) is 9. The number of halogens is 3. The van der Waals surface area contributed by atoms with E-state index in [4.69, 9.17) is 10.5 Å². The number of nitro benzene ring substituents is 1. The van der Waals surface area contributed by atoms with Crippen molar-refractivity contribution in [2.24, 2.45) is 10.2 Å². The van der Waals surface area contributed by atoms with Crippen molar-refractivity contribution in [3.8, 4) is 11.8 Å². The van der Waals surface area contributed by atoms with E-state index in [9.17, 15) is 28.5 Å². The Labute approximate surface area is 209 Å². The SMILES string of the molecule is CCCCOc1ccc(Nc2nc(N)c(N=Nc3ccc([N+](=O)[O-])cc3C(F)(F)F)c(C)c2C#N)cc1. The molecule has 0 saturated heterocycles. The second kappa shape index (κ2) is 11.3. The van der Waals surface area contributed by atoms with Gasteiger partial charge in [0.25, 0.3) is 5.69 Å². The Balaban J connectivity index is 1.92. The molecule has 0 spiro atoms. The zero-order chi connectivity index (χ0) is 27.2. The van der Waals surface area contributed by atoms with Gasteiger partial charge in [0, 0.05) is 23.4 Å². The van der Waals surface area contributed by atoms with Crippen LogP contribution in [0.2, 0.25) is 0 Å². The number of alkyl halides is 3. The third-order valence-electron chi connectivity index (χ3n) is 5.19. The highest BCUT2D eigenvalue weighted by Gasteiger charge is 2.35. The van der Waals surface area contributed by atoms with Crippen LogP contribution >= 0.6 is 0 Å². The second-order valence-electron chi connectivity index (χ2n) is 7.81. The first-order chi connectivity index (χ1) is 17.5. The number of ether oxygens (including phenoxy) is 1. The minimum Gasteiger partial charge on any atom is -0.494 e. The molecule has 0 aliphatic rings. The Morgan fingerprint density at radius 2 is 1.92 bits per heavy atom. The molecule has 0 fully saturated rings. The minimum atomic E-state index is -4.92. The number of nitro groups is 1. The van der Waals surface area contributed by atoms with Crippen LogP contribution in [0.25, 0.3) is 0 Å². The van der Waals surface area contributed by atoms with Crippen molar-refractivity contribution in [1.29, 1.82) is 5.26 Å². The van der Waals surface area contributed by atoms with Gasteiger partial charge in [0.05, 0.1) is 28.3 Å². The molecule has 1 heterocycles. The molecule has 0 aliphatic carbocycles. The Bertz CT molecular complexity index is 1370. The fraction of sp³-hybridized carbons (Fsp3) is 0.250. The molecule has 0 aliphatic heterocycles. The number of aromatic nitrogens is 1. The predicted molar refractivity (Wildman–Crippen MR) is 131 cm³/mol. The van der Waals surface area contributed by atoms with E-state index in [1.54, 1.807) is 24.3 Å². The van der Waals surface area contributed by atoms with E-state index in [0.29, 0.717) is 24.1 Å². The number of nitrogens with two attached hydrogens (primary N) is 1. The first-order valence-corrected chi connectivity index (χ1v) is 11.0. The van der Waals surface area contributed by atoms with Crippen LogP contribution in [-0.4, -0.2) is 16.5 Å². The lowest BCUT2D eigenvalue weighted by molar-refractivity contribution is -0.385. The molecule has 10 nitrogen and oxygen atoms in total. The summed E-state index contributed by atoms with van der Waals surface area (Å²) < 4.78 is 45.9. The highest BCUT2D eigenvalue weighted by molar-refractivity contribution is 5.75. The van der Waals surface area contributed by atoms with Gasteiger partial charge in [0.2, 0.25) is 0 Å². The van der Waals surface area contributed by atoms with Gasteiger partial charge in [-0.1, -0.05) is 13.3 Å². The molecular formula is C24H22F3N7O3. The van der Waals surface area contributed by atoms with Gasteiger partial charge in [-0.25, -0.2) is 4.98 Å². The summed E-state index contributed by atoms with van der Waals surface area (Å²) in [4.78, 5) is 14.1. The first-order valence-electron chi connectivity index (χ1n) is 11.0. The third kappa shape index (κ3) is 6.49. The van der Waals surface area contributed by atoms with E-state index in [1.165, 1.54) is 6.92 Å². The number of anilines is 3. The van der Waals surface area contributed by atoms with E-state index in [1.807, 2.05) is 6.07 Å². The van der Waals surface area contributed by atoms with E-state index < -0.39 is 28.0 Å². The zero-order valence-electron chi connectivity index (χ0n) is 19.8. The lowest BCUT2D eigenvalue weighted by atomic mass is 10.1. The molecule has 3 rings (SSSR count). The summed E-state index contributed by atoms with van der Waals surface area (Å²) in [6, 6.07) is 11.1. The molecule has 0 unspecified atom stereocenters. The van der Waals surface area contributed by atoms with Gasteiger partial charge in [-0.3, -0.25) is 10.1 Å². The Morgan fingerprint density at radius 3 is 2.51 bits per heavy atom. The van der Waals surface area contributed by atoms with E-state index in [-0.39, 0.29) is 28.5 Å². The van der Waals surface area contributed by atoms with Gasteiger partial charge in [0.1, 0.15) is 17.5 Å². The molecule has 0 amide bonds. The van der Waals surface area contributed by atoms with Gasteiger partial charge in [-0.2, -0.15) is 18.4 Å². The van der Waals surface area contributed by atoms with Crippen molar-refractivity contribution in [2.75, 3.05) is 17.7 Å². The molecule has 1 aromatic heterocycles. The number of nitrogens with one attached hydrogen (secondary N) is 1. The highest BCUT2D eigenvalue weighted by atomic mass is 19.4. The lowest BCUT2D eigenvalue weighted by Gasteiger charge is -2.13. The van der Waals surface area contributed by atoms with Crippen LogP contribution in [0.15, 0.2) is 52.7 Å². The zero-order valence-corrected chi connectivity index (χ0v) is 19.8. The van der Waals surface area contributed by atoms with E-state index >= 15 is 0 Å². The average Bonchev–Trinajstić information content (AvgIpc) is 2.84. The lowest BCUT2D eigenvalue weighted by Crippen LogP contribution is -2.06. The Morgan fingerprint density at radius 1 is 1.22 bits per heavy atom. The van der Waals surface area contributed by atoms with E-state index in [2.05, 4.69) is 27.5 Å². The number of nitriles is 1. The number of hydrogen-bond donors (Lipinski definition) is 2. The average molecular weight is 513 g/mol. The maximum Gasteiger partial charge on any atom is 0.418 e. The molecule has 13 heteroatoms. The highest BCUT2D eigenvalue weighted by Crippen LogP contribution is 2.40. The Kier molecular flexibility index (Phi) is 8.23. The second-order valence-corrected chi connectivity index (χ2v) is 7.81. The van der Waals surface area contributed by atoms with Crippen LogP contribution in [0.3, 0.4) is 0 Å². The molecule has 0 atom stereocenters. The quantitative estimate of drug-likeness (QED) is 0.134. The largest absolute Gasteiger partial charge is 0.494 e. The van der Waals surface area contributed by atoms with Gasteiger partial charge >= 0.3 is 6.18 Å². The fourth-order valence-electron chi connectivity index (χ4n) is 3.23. The Hall–Kier alpha value is -4.73. The van der Waals surface area contributed by atoms with Crippen LogP contribution in [0, 0.1) is 28.4 Å². The van der Waals surface area contributed by atoms with Crippen LogP contribution in [0.5, 0.6) is 5.75 Å². The van der Waals surface area contributed by atoms with Crippen LogP contribution < -0.4 is 15.8 Å². The van der Waals surface area contributed by atoms with Gasteiger partial charge in [0.15, 0.2) is 11.6 Å². The number of non-ortho nitro benzene ring substituents is 1. The fourth-order valence-corrected chi connectivity index (χ4v) is 3.23. The number of unbranched alkanes of at least 4 members (excludes halogenated alkanes) is 1. The smallest absolute Gasteiger partial charge is 0.418 e. The number of azo groups is 1. The minimum absolute atomic E-state index is 0.0613. The summed E-state index contributed by atoms with van der Waals surface area (Å²) >= 11 is 0. The number of nitrogen functional groups attached to an aromatic ring is 1. The van der Waals surface area contributed by atoms with Crippen LogP contribution in [0.1, 0.15) is 36.5 Å². The van der Waals surface area contributed by atoms with Crippen molar-refractivity contribution in [1.82, 2.24) is 4.98 Å². The number of pyridine rings is 1. The number of nitrogens with zero attached hydrogens (tertiary/aromatic N) is 5. The van der Waals surface area contributed by atoms with E-state index in [0.717, 1.165) is 25.0 Å². The maximum absolute atomic E-state index is 13.4. The van der Waals surface area contributed by atoms with Crippen LogP contribution in [-0.2, 0) is 6.18 Å². The summed E-state index contributed by atoms with van der Waals surface area (Å²) in [7, 11) is 0. The summed E-state index contributed by atoms with van der Waals surface area (Å²) in [6.07, 6.45) is -2.98. The summed E-state index contributed by atoms with van der Waals surface area (Å²) in [5.74, 6) is 0.628. The van der Waals surface area contributed by atoms with Crippen LogP contribution in [0.4, 0.5) is 47.6 Å². The molecule has 37 heavy (non-hydrogen) atoms. The number of benzene rings is 2. The van der Waals surface area contributed by atoms with Crippen molar-refractivity contribution < 1.29 is 22.8 Å². The third-order valence-corrected chi connectivity index (χ3v) is 5.19. The monoisotopic (exact) mass is 513 g/mol. The van der Waals surface area contributed by atoms with Crippen molar-refractivity contribution in [2.45, 2.75) is 32.9 Å². The van der Waals surface area contributed by atoms with Gasteiger partial charge < -0.3 is 15.8 Å². The molecule has 3 aromatic rings. The standard InChI is InChI=1S/C24H22F3N7O3/c1-3-4-11-37-17-8-5-15(6-9-17)30-23-18(13-28)14(2)21(22(29)31-23)33-32-20-10-7-16(34(35)36)12-19(20)24(25,26)27/h5-10,12H,3-4,11H2,1-2H3,(H3,29,30,31). The van der Waals surface area contributed by atoms with Crippen molar-refractivity contribution >= 4 is 34.4 Å². The number of rotatable bonds is 9. The first kappa shape index (κ1) is 26.9. The molecule has 2 aromatic carbocycles.